The van der Waals surface area contributed by atoms with E-state index in [-0.39, 0.29) is 40.6 Å². The van der Waals surface area contributed by atoms with Crippen molar-refractivity contribution in [3.8, 4) is 0 Å². The Morgan fingerprint density at radius 3 is 2.43 bits per heavy atom. The lowest BCUT2D eigenvalue weighted by Crippen LogP contribution is -2.41. The predicted octanol–water partition coefficient (Wildman–Crippen LogP) is 4.52. The molecular formula is C21H30FIN4O. The van der Waals surface area contributed by atoms with Gasteiger partial charge in [-0.15, -0.1) is 24.0 Å². The molecule has 5 nitrogen and oxygen atoms in total. The highest BCUT2D eigenvalue weighted by Gasteiger charge is 2.44. The Morgan fingerprint density at radius 2 is 1.89 bits per heavy atom. The second-order valence-electron chi connectivity index (χ2n) is 8.20. The molecule has 1 saturated carbocycles. The first-order chi connectivity index (χ1) is 12.8. The third-order valence-electron chi connectivity index (χ3n) is 4.91. The minimum absolute atomic E-state index is 0. The summed E-state index contributed by atoms with van der Waals surface area (Å²) in [4.78, 5) is 8.92. The van der Waals surface area contributed by atoms with E-state index in [1.165, 1.54) is 17.7 Å². The zero-order valence-corrected chi connectivity index (χ0v) is 19.3. The Balaban J connectivity index is 0.00000280. The number of nitrogens with one attached hydrogen (secondary N) is 2. The van der Waals surface area contributed by atoms with Gasteiger partial charge in [-0.05, 0) is 37.5 Å². The van der Waals surface area contributed by atoms with Gasteiger partial charge in [-0.2, -0.15) is 0 Å². The molecule has 0 bridgehead atoms. The molecule has 0 aliphatic heterocycles. The smallest absolute Gasteiger partial charge is 0.216 e. The van der Waals surface area contributed by atoms with Crippen molar-refractivity contribution >= 4 is 29.9 Å². The van der Waals surface area contributed by atoms with Crippen LogP contribution in [0.5, 0.6) is 0 Å². The average molecular weight is 500 g/mol. The summed E-state index contributed by atoms with van der Waals surface area (Å²) >= 11 is 0. The SMILES string of the molecule is CCNC(=NCc1ncc(C(C)(C)C)o1)NCC1(c2ccc(F)cc2)CC1.I. The largest absolute Gasteiger partial charge is 0.443 e. The van der Waals surface area contributed by atoms with Gasteiger partial charge in [0.05, 0.1) is 6.20 Å². The molecule has 0 saturated heterocycles. The summed E-state index contributed by atoms with van der Waals surface area (Å²) in [6.07, 6.45) is 3.97. The van der Waals surface area contributed by atoms with E-state index in [1.807, 2.05) is 19.1 Å². The number of nitrogens with zero attached hydrogens (tertiary/aromatic N) is 2. The second-order valence-corrected chi connectivity index (χ2v) is 8.20. The molecule has 0 atom stereocenters. The van der Waals surface area contributed by atoms with Crippen LogP contribution in [0.2, 0.25) is 0 Å². The molecule has 1 aromatic carbocycles. The first-order valence-corrected chi connectivity index (χ1v) is 9.56. The van der Waals surface area contributed by atoms with Crippen molar-refractivity contribution in [3.05, 3.63) is 53.5 Å². The molecule has 1 aromatic heterocycles. The van der Waals surface area contributed by atoms with Crippen LogP contribution < -0.4 is 10.6 Å². The molecule has 0 spiro atoms. The van der Waals surface area contributed by atoms with E-state index in [9.17, 15) is 4.39 Å². The third kappa shape index (κ3) is 5.68. The zero-order valence-electron chi connectivity index (χ0n) is 17.0. The number of guanidine groups is 1. The normalized spacial score (nSPS) is 15.7. The predicted molar refractivity (Wildman–Crippen MR) is 121 cm³/mol. The van der Waals surface area contributed by atoms with Crippen LogP contribution in [-0.2, 0) is 17.4 Å². The molecule has 0 amide bonds. The number of hydrogen-bond donors (Lipinski definition) is 2. The van der Waals surface area contributed by atoms with Gasteiger partial charge in [-0.25, -0.2) is 14.4 Å². The molecular weight excluding hydrogens is 470 g/mol. The number of halogens is 2. The van der Waals surface area contributed by atoms with Crippen LogP contribution in [0.1, 0.15) is 57.8 Å². The highest BCUT2D eigenvalue weighted by atomic mass is 127. The lowest BCUT2D eigenvalue weighted by atomic mass is 9.94. The van der Waals surface area contributed by atoms with Crippen molar-refractivity contribution in [2.24, 2.45) is 4.99 Å². The highest BCUT2D eigenvalue weighted by Crippen LogP contribution is 2.47. The van der Waals surface area contributed by atoms with Crippen LogP contribution in [0, 0.1) is 5.82 Å². The fourth-order valence-electron chi connectivity index (χ4n) is 2.99. The summed E-state index contributed by atoms with van der Waals surface area (Å²) in [5, 5.41) is 6.68. The van der Waals surface area contributed by atoms with E-state index in [1.54, 1.807) is 6.20 Å². The number of hydrogen-bond acceptors (Lipinski definition) is 3. The first kappa shape index (κ1) is 22.6. The van der Waals surface area contributed by atoms with Crippen molar-refractivity contribution in [2.45, 2.75) is 57.9 Å². The van der Waals surface area contributed by atoms with E-state index < -0.39 is 0 Å². The van der Waals surface area contributed by atoms with Crippen LogP contribution in [0.3, 0.4) is 0 Å². The average Bonchev–Trinajstić information content (AvgIpc) is 3.24. The molecule has 1 aliphatic rings. The third-order valence-corrected chi connectivity index (χ3v) is 4.91. The van der Waals surface area contributed by atoms with E-state index in [2.05, 4.69) is 41.4 Å². The van der Waals surface area contributed by atoms with Crippen molar-refractivity contribution in [2.75, 3.05) is 13.1 Å². The summed E-state index contributed by atoms with van der Waals surface area (Å²) < 4.78 is 19.0. The van der Waals surface area contributed by atoms with Crippen molar-refractivity contribution in [1.82, 2.24) is 15.6 Å². The van der Waals surface area contributed by atoms with E-state index >= 15 is 0 Å². The monoisotopic (exact) mass is 500 g/mol. The number of oxazole rings is 1. The standard InChI is InChI=1S/C21H29FN4O.HI/c1-5-23-19(25-13-18-24-12-17(27-18)20(2,3)4)26-14-21(10-11-21)15-6-8-16(22)9-7-15;/h6-9,12H,5,10-11,13-14H2,1-4H3,(H2,23,25,26);1H. The Bertz CT molecular complexity index is 791. The quantitative estimate of drug-likeness (QED) is 0.348. The number of benzene rings is 1. The number of aliphatic imine (C=N–C) groups is 1. The topological polar surface area (TPSA) is 62.5 Å². The van der Waals surface area contributed by atoms with E-state index in [0.29, 0.717) is 12.4 Å². The molecule has 2 aromatic rings. The van der Waals surface area contributed by atoms with Gasteiger partial charge < -0.3 is 15.1 Å². The van der Waals surface area contributed by atoms with Crippen molar-refractivity contribution in [3.63, 3.8) is 0 Å². The molecule has 154 valence electrons. The molecule has 0 unspecified atom stereocenters. The van der Waals surface area contributed by atoms with Crippen molar-refractivity contribution < 1.29 is 8.81 Å². The zero-order chi connectivity index (χ0) is 19.5. The Labute approximate surface area is 183 Å². The maximum absolute atomic E-state index is 13.2. The fraction of sp³-hybridized carbons (Fsp3) is 0.524. The molecule has 28 heavy (non-hydrogen) atoms. The molecule has 1 fully saturated rings. The van der Waals surface area contributed by atoms with Gasteiger partial charge in [0.2, 0.25) is 5.89 Å². The first-order valence-electron chi connectivity index (χ1n) is 9.56. The minimum Gasteiger partial charge on any atom is -0.443 e. The maximum Gasteiger partial charge on any atom is 0.216 e. The van der Waals surface area contributed by atoms with Gasteiger partial charge in [0.15, 0.2) is 5.96 Å². The van der Waals surface area contributed by atoms with Gasteiger partial charge in [0.25, 0.3) is 0 Å². The molecule has 7 heteroatoms. The van der Waals surface area contributed by atoms with E-state index in [0.717, 1.165) is 37.7 Å². The molecule has 2 N–H and O–H groups in total. The number of aromatic nitrogens is 1. The molecule has 0 radical (unpaired) electrons. The second kappa shape index (κ2) is 9.24. The maximum atomic E-state index is 13.2. The van der Waals surface area contributed by atoms with Gasteiger partial charge in [-0.3, -0.25) is 0 Å². The summed E-state index contributed by atoms with van der Waals surface area (Å²) in [6, 6.07) is 6.83. The summed E-state index contributed by atoms with van der Waals surface area (Å²) in [5.41, 5.74) is 1.19. The van der Waals surface area contributed by atoms with Crippen LogP contribution in [0.4, 0.5) is 4.39 Å². The fourth-order valence-corrected chi connectivity index (χ4v) is 2.99. The molecule has 3 rings (SSSR count). The van der Waals surface area contributed by atoms with Crippen LogP contribution in [-0.4, -0.2) is 24.0 Å². The van der Waals surface area contributed by atoms with Gasteiger partial charge >= 0.3 is 0 Å². The van der Waals surface area contributed by atoms with Crippen LogP contribution in [0.15, 0.2) is 39.9 Å². The lowest BCUT2D eigenvalue weighted by molar-refractivity contribution is 0.383. The Morgan fingerprint density at radius 1 is 1.21 bits per heavy atom. The summed E-state index contributed by atoms with van der Waals surface area (Å²) in [7, 11) is 0. The minimum atomic E-state index is -0.196. The van der Waals surface area contributed by atoms with E-state index in [4.69, 9.17) is 4.42 Å². The van der Waals surface area contributed by atoms with Crippen molar-refractivity contribution in [1.29, 1.82) is 0 Å². The van der Waals surface area contributed by atoms with Crippen LogP contribution in [0.25, 0.3) is 0 Å². The summed E-state index contributed by atoms with van der Waals surface area (Å²) in [5.74, 6) is 2.01. The molecule has 1 heterocycles. The lowest BCUT2D eigenvalue weighted by Gasteiger charge is -2.19. The van der Waals surface area contributed by atoms with Crippen LogP contribution >= 0.6 is 24.0 Å². The molecule has 1 aliphatic carbocycles. The van der Waals surface area contributed by atoms with Gasteiger partial charge in [-0.1, -0.05) is 32.9 Å². The Kier molecular flexibility index (Phi) is 7.47. The van der Waals surface area contributed by atoms with Gasteiger partial charge in [0, 0.05) is 23.9 Å². The number of rotatable bonds is 6. The Hall–Kier alpha value is -1.64. The van der Waals surface area contributed by atoms with Gasteiger partial charge in [0.1, 0.15) is 18.1 Å². The highest BCUT2D eigenvalue weighted by molar-refractivity contribution is 14.0. The summed E-state index contributed by atoms with van der Waals surface area (Å²) in [6.45, 7) is 10.2.